The second-order valence-electron chi connectivity index (χ2n) is 7.32. The number of aryl methyl sites for hydroxylation is 3. The molecular weight excluding hydrogens is 396 g/mol. The van der Waals surface area contributed by atoms with Crippen LogP contribution in [0.15, 0.2) is 47.6 Å². The molecule has 2 aromatic carbocycles. The van der Waals surface area contributed by atoms with E-state index in [1.807, 2.05) is 61.9 Å². The molecule has 0 aliphatic rings. The SMILES string of the molecule is CCc1ccc(NC(=O)CSc2nnc(C(C)Oc3ccc(C)cc3C)n2C)cc1. The van der Waals surface area contributed by atoms with Gasteiger partial charge in [-0.1, -0.05) is 48.5 Å². The summed E-state index contributed by atoms with van der Waals surface area (Å²) in [6, 6.07) is 14.0. The summed E-state index contributed by atoms with van der Waals surface area (Å²) in [6.45, 7) is 8.14. The predicted octanol–water partition coefficient (Wildman–Crippen LogP) is 4.87. The van der Waals surface area contributed by atoms with Crippen molar-refractivity contribution in [2.45, 2.75) is 45.4 Å². The van der Waals surface area contributed by atoms with E-state index in [1.54, 1.807) is 0 Å². The van der Waals surface area contributed by atoms with Crippen LogP contribution in [0.5, 0.6) is 5.75 Å². The van der Waals surface area contributed by atoms with Gasteiger partial charge >= 0.3 is 0 Å². The monoisotopic (exact) mass is 424 g/mol. The van der Waals surface area contributed by atoms with E-state index < -0.39 is 0 Å². The molecule has 0 bridgehead atoms. The van der Waals surface area contributed by atoms with Gasteiger partial charge in [0.05, 0.1) is 5.75 Å². The molecule has 0 aliphatic carbocycles. The van der Waals surface area contributed by atoms with Gasteiger partial charge in [-0.2, -0.15) is 0 Å². The highest BCUT2D eigenvalue weighted by atomic mass is 32.2. The highest BCUT2D eigenvalue weighted by Gasteiger charge is 2.18. The molecule has 158 valence electrons. The van der Waals surface area contributed by atoms with Crippen LogP contribution in [0, 0.1) is 13.8 Å². The Balaban J connectivity index is 1.58. The molecule has 1 N–H and O–H groups in total. The van der Waals surface area contributed by atoms with Gasteiger partial charge in [0.15, 0.2) is 17.1 Å². The van der Waals surface area contributed by atoms with Crippen LogP contribution in [0.25, 0.3) is 0 Å². The third-order valence-corrected chi connectivity index (χ3v) is 5.86. The van der Waals surface area contributed by atoms with Crippen molar-refractivity contribution in [1.82, 2.24) is 14.8 Å². The second-order valence-corrected chi connectivity index (χ2v) is 8.26. The van der Waals surface area contributed by atoms with Gasteiger partial charge in [-0.25, -0.2) is 0 Å². The number of hydrogen-bond donors (Lipinski definition) is 1. The Labute approximate surface area is 182 Å². The summed E-state index contributed by atoms with van der Waals surface area (Å²) < 4.78 is 7.97. The molecule has 1 unspecified atom stereocenters. The lowest BCUT2D eigenvalue weighted by atomic mass is 10.1. The third-order valence-electron chi connectivity index (χ3n) is 4.84. The summed E-state index contributed by atoms with van der Waals surface area (Å²) in [5, 5.41) is 12.1. The fraction of sp³-hybridized carbons (Fsp3) is 0.348. The molecular formula is C23H28N4O2S. The summed E-state index contributed by atoms with van der Waals surface area (Å²) in [7, 11) is 1.89. The van der Waals surface area contributed by atoms with E-state index in [9.17, 15) is 4.79 Å². The Bertz CT molecular complexity index is 1010. The normalized spacial score (nSPS) is 11.9. The van der Waals surface area contributed by atoms with E-state index in [0.717, 1.165) is 23.4 Å². The maximum Gasteiger partial charge on any atom is 0.234 e. The average Bonchev–Trinajstić information content (AvgIpc) is 3.09. The number of benzene rings is 2. The summed E-state index contributed by atoms with van der Waals surface area (Å²) >= 11 is 1.35. The van der Waals surface area contributed by atoms with E-state index in [0.29, 0.717) is 11.0 Å². The van der Waals surface area contributed by atoms with E-state index >= 15 is 0 Å². The van der Waals surface area contributed by atoms with Crippen LogP contribution >= 0.6 is 11.8 Å². The minimum Gasteiger partial charge on any atom is -0.482 e. The van der Waals surface area contributed by atoms with Gasteiger partial charge in [0.2, 0.25) is 5.91 Å². The molecule has 0 spiro atoms. The molecule has 30 heavy (non-hydrogen) atoms. The van der Waals surface area contributed by atoms with Gasteiger partial charge < -0.3 is 14.6 Å². The number of anilines is 1. The van der Waals surface area contributed by atoms with Crippen molar-refractivity contribution in [3.63, 3.8) is 0 Å². The zero-order valence-electron chi connectivity index (χ0n) is 18.1. The number of amides is 1. The number of rotatable bonds is 8. The first kappa shape index (κ1) is 21.9. The number of nitrogens with one attached hydrogen (secondary N) is 1. The molecule has 1 amide bonds. The Kier molecular flexibility index (Phi) is 7.15. The maximum absolute atomic E-state index is 12.3. The molecule has 0 radical (unpaired) electrons. The summed E-state index contributed by atoms with van der Waals surface area (Å²) in [6.07, 6.45) is 0.716. The zero-order valence-corrected chi connectivity index (χ0v) is 18.9. The fourth-order valence-electron chi connectivity index (χ4n) is 3.13. The number of aromatic nitrogens is 3. The summed E-state index contributed by atoms with van der Waals surface area (Å²) in [5.74, 6) is 1.73. The van der Waals surface area contributed by atoms with Crippen LogP contribution in [0.2, 0.25) is 0 Å². The van der Waals surface area contributed by atoms with E-state index in [4.69, 9.17) is 4.74 Å². The smallest absolute Gasteiger partial charge is 0.234 e. The van der Waals surface area contributed by atoms with Crippen molar-refractivity contribution in [1.29, 1.82) is 0 Å². The predicted molar refractivity (Wildman–Crippen MR) is 121 cm³/mol. The van der Waals surface area contributed by atoms with Crippen molar-refractivity contribution in [3.05, 3.63) is 65.0 Å². The minimum atomic E-state index is -0.260. The molecule has 3 aromatic rings. The van der Waals surface area contributed by atoms with E-state index in [1.165, 1.54) is 22.9 Å². The molecule has 0 aliphatic heterocycles. The van der Waals surface area contributed by atoms with E-state index in [2.05, 4.69) is 35.4 Å². The highest BCUT2D eigenvalue weighted by molar-refractivity contribution is 7.99. The van der Waals surface area contributed by atoms with Crippen LogP contribution < -0.4 is 10.1 Å². The minimum absolute atomic E-state index is 0.0756. The van der Waals surface area contributed by atoms with Crippen LogP contribution in [0.3, 0.4) is 0 Å². The van der Waals surface area contributed by atoms with Crippen LogP contribution in [-0.2, 0) is 18.3 Å². The largest absolute Gasteiger partial charge is 0.482 e. The maximum atomic E-state index is 12.3. The van der Waals surface area contributed by atoms with Crippen molar-refractivity contribution in [2.24, 2.45) is 7.05 Å². The number of nitrogens with zero attached hydrogens (tertiary/aromatic N) is 3. The standard InChI is InChI=1S/C23H28N4O2S/c1-6-18-8-10-19(11-9-18)24-21(28)14-30-23-26-25-22(27(23)5)17(4)29-20-12-7-15(2)13-16(20)3/h7-13,17H,6,14H2,1-5H3,(H,24,28). The molecule has 1 aromatic heterocycles. The first-order valence-electron chi connectivity index (χ1n) is 10.0. The van der Waals surface area contributed by atoms with Gasteiger partial charge in [-0.15, -0.1) is 10.2 Å². The molecule has 0 fully saturated rings. The summed E-state index contributed by atoms with van der Waals surface area (Å²) in [4.78, 5) is 12.3. The number of carbonyl (C=O) groups excluding carboxylic acids is 1. The lowest BCUT2D eigenvalue weighted by Gasteiger charge is -2.16. The molecule has 1 atom stereocenters. The zero-order chi connectivity index (χ0) is 21.7. The van der Waals surface area contributed by atoms with E-state index in [-0.39, 0.29) is 17.8 Å². The molecule has 3 rings (SSSR count). The third kappa shape index (κ3) is 5.42. The first-order valence-corrected chi connectivity index (χ1v) is 11.0. The Morgan fingerprint density at radius 3 is 2.57 bits per heavy atom. The van der Waals surface area contributed by atoms with Gasteiger partial charge in [-0.3, -0.25) is 4.79 Å². The van der Waals surface area contributed by atoms with Crippen molar-refractivity contribution in [2.75, 3.05) is 11.1 Å². The topological polar surface area (TPSA) is 69.0 Å². The van der Waals surface area contributed by atoms with Crippen molar-refractivity contribution < 1.29 is 9.53 Å². The Morgan fingerprint density at radius 2 is 1.90 bits per heavy atom. The number of thioether (sulfide) groups is 1. The van der Waals surface area contributed by atoms with Crippen molar-refractivity contribution in [3.8, 4) is 5.75 Å². The fourth-order valence-corrected chi connectivity index (χ4v) is 3.85. The number of ether oxygens (including phenoxy) is 1. The van der Waals surface area contributed by atoms with Gasteiger partial charge in [0.1, 0.15) is 5.75 Å². The number of hydrogen-bond acceptors (Lipinski definition) is 5. The van der Waals surface area contributed by atoms with Gasteiger partial charge in [0, 0.05) is 12.7 Å². The van der Waals surface area contributed by atoms with Crippen LogP contribution in [-0.4, -0.2) is 26.4 Å². The van der Waals surface area contributed by atoms with Crippen LogP contribution in [0.1, 0.15) is 42.5 Å². The molecule has 0 saturated carbocycles. The lowest BCUT2D eigenvalue weighted by Crippen LogP contribution is -2.15. The molecule has 0 saturated heterocycles. The number of carbonyl (C=O) groups is 1. The van der Waals surface area contributed by atoms with Crippen molar-refractivity contribution >= 4 is 23.4 Å². The quantitative estimate of drug-likeness (QED) is 0.523. The molecule has 1 heterocycles. The van der Waals surface area contributed by atoms with Gasteiger partial charge in [0.25, 0.3) is 0 Å². The first-order chi connectivity index (χ1) is 14.4. The highest BCUT2D eigenvalue weighted by Crippen LogP contribution is 2.26. The Morgan fingerprint density at radius 1 is 1.17 bits per heavy atom. The lowest BCUT2D eigenvalue weighted by molar-refractivity contribution is -0.113. The average molecular weight is 425 g/mol. The second kappa shape index (κ2) is 9.80. The Hall–Kier alpha value is -2.80. The van der Waals surface area contributed by atoms with Crippen LogP contribution in [0.4, 0.5) is 5.69 Å². The molecule has 6 nitrogen and oxygen atoms in total. The molecule has 7 heteroatoms. The summed E-state index contributed by atoms with van der Waals surface area (Å²) in [5.41, 5.74) is 4.32. The van der Waals surface area contributed by atoms with Gasteiger partial charge in [-0.05, 0) is 56.5 Å².